The highest BCUT2D eigenvalue weighted by molar-refractivity contribution is 9.11. The lowest BCUT2D eigenvalue weighted by Gasteiger charge is -2.32. The van der Waals surface area contributed by atoms with E-state index in [9.17, 15) is 4.79 Å². The van der Waals surface area contributed by atoms with Crippen LogP contribution in [0.5, 0.6) is 0 Å². The molecule has 0 N–H and O–H groups in total. The van der Waals surface area contributed by atoms with Gasteiger partial charge in [0.05, 0.1) is 8.66 Å². The zero-order chi connectivity index (χ0) is 13.3. The lowest BCUT2D eigenvalue weighted by atomic mass is 9.94. The van der Waals surface area contributed by atoms with E-state index in [1.165, 1.54) is 11.3 Å². The molecule has 1 aromatic rings. The molecule has 1 aliphatic heterocycles. The molecule has 0 saturated carbocycles. The number of aryl methyl sites for hydroxylation is 1. The molecule has 0 radical (unpaired) electrons. The van der Waals surface area contributed by atoms with Crippen molar-refractivity contribution in [1.82, 2.24) is 4.90 Å². The van der Waals surface area contributed by atoms with E-state index in [-0.39, 0.29) is 11.3 Å². The molecule has 0 aliphatic carbocycles. The second kappa shape index (κ2) is 5.93. The first kappa shape index (κ1) is 14.4. The minimum Gasteiger partial charge on any atom is -0.338 e. The average molecular weight is 351 g/mol. The van der Waals surface area contributed by atoms with Gasteiger partial charge in [0, 0.05) is 18.5 Å². The first-order valence-corrected chi connectivity index (χ1v) is 8.23. The lowest BCUT2D eigenvalue weighted by Crippen LogP contribution is -2.39. The van der Waals surface area contributed by atoms with Crippen LogP contribution in [-0.2, 0) is 0 Å². The van der Waals surface area contributed by atoms with Crippen molar-refractivity contribution in [3.05, 3.63) is 20.3 Å². The van der Waals surface area contributed by atoms with Crippen LogP contribution < -0.4 is 0 Å². The molecule has 0 bridgehead atoms. The van der Waals surface area contributed by atoms with Gasteiger partial charge in [0.2, 0.25) is 0 Å². The molecule has 2 rings (SSSR count). The Morgan fingerprint density at radius 2 is 2.17 bits per heavy atom. The molecule has 2 nitrogen and oxygen atoms in total. The minimum atomic E-state index is 0.162. The molecule has 0 spiro atoms. The zero-order valence-corrected chi connectivity index (χ0v) is 13.7. The maximum atomic E-state index is 12.3. The van der Waals surface area contributed by atoms with Crippen molar-refractivity contribution < 1.29 is 4.79 Å². The summed E-state index contributed by atoms with van der Waals surface area (Å²) in [6.07, 6.45) is 2.03. The Labute approximate surface area is 125 Å². The molecule has 0 aromatic carbocycles. The Morgan fingerprint density at radius 3 is 2.61 bits per heavy atom. The van der Waals surface area contributed by atoms with E-state index in [0.29, 0.717) is 5.92 Å². The number of alkyl halides is 1. The van der Waals surface area contributed by atoms with Gasteiger partial charge in [-0.2, -0.15) is 0 Å². The largest absolute Gasteiger partial charge is 0.338 e. The molecule has 1 aromatic heterocycles. The predicted molar refractivity (Wildman–Crippen MR) is 80.7 cm³/mol. The summed E-state index contributed by atoms with van der Waals surface area (Å²) in [6.45, 7) is 5.71. The number of hydrogen-bond donors (Lipinski definition) is 0. The fraction of sp³-hybridized carbons (Fsp3) is 0.615. The Bertz CT molecular complexity index is 419. The fourth-order valence-corrected chi connectivity index (χ4v) is 4.04. The second-order valence-corrected chi connectivity index (χ2v) is 7.93. The van der Waals surface area contributed by atoms with Crippen molar-refractivity contribution in [2.75, 3.05) is 13.1 Å². The van der Waals surface area contributed by atoms with Crippen LogP contribution in [-0.4, -0.2) is 29.3 Å². The van der Waals surface area contributed by atoms with Gasteiger partial charge in [-0.25, -0.2) is 0 Å². The van der Waals surface area contributed by atoms with Gasteiger partial charge in [0.25, 0.3) is 5.91 Å². The molecular weight excluding hydrogens is 334 g/mol. The van der Waals surface area contributed by atoms with Crippen molar-refractivity contribution >= 4 is 44.8 Å². The van der Waals surface area contributed by atoms with Crippen molar-refractivity contribution in [2.45, 2.75) is 32.1 Å². The molecular formula is C13H17BrClNOS. The van der Waals surface area contributed by atoms with Crippen LogP contribution in [0.2, 0.25) is 0 Å². The lowest BCUT2D eigenvalue weighted by molar-refractivity contribution is 0.0695. The highest BCUT2D eigenvalue weighted by atomic mass is 79.9. The zero-order valence-electron chi connectivity index (χ0n) is 10.6. The van der Waals surface area contributed by atoms with Crippen LogP contribution >= 0.6 is 38.9 Å². The second-order valence-electron chi connectivity index (χ2n) is 4.87. The first-order chi connectivity index (χ1) is 8.49. The van der Waals surface area contributed by atoms with Crippen LogP contribution in [0.1, 0.15) is 35.0 Å². The minimum absolute atomic E-state index is 0.162. The smallest absolute Gasteiger partial charge is 0.263 e. The number of rotatable bonds is 2. The van der Waals surface area contributed by atoms with E-state index >= 15 is 0 Å². The maximum absolute atomic E-state index is 12.3. The van der Waals surface area contributed by atoms with E-state index in [2.05, 4.69) is 15.9 Å². The summed E-state index contributed by atoms with van der Waals surface area (Å²) in [5, 5.41) is 0.209. The quantitative estimate of drug-likeness (QED) is 0.728. The fourth-order valence-electron chi connectivity index (χ4n) is 2.28. The summed E-state index contributed by atoms with van der Waals surface area (Å²) < 4.78 is 1.05. The molecule has 1 unspecified atom stereocenters. The number of thiophene rings is 1. The third kappa shape index (κ3) is 3.09. The van der Waals surface area contributed by atoms with Gasteiger partial charge in [-0.05, 0) is 60.2 Å². The highest BCUT2D eigenvalue weighted by Crippen LogP contribution is 2.30. The normalized spacial score (nSPS) is 19.0. The van der Waals surface area contributed by atoms with Crippen LogP contribution in [0.25, 0.3) is 0 Å². The number of carbonyl (C=O) groups is 1. The molecule has 1 atom stereocenters. The summed E-state index contributed by atoms with van der Waals surface area (Å²) in [5.74, 6) is 0.710. The summed E-state index contributed by atoms with van der Waals surface area (Å²) in [5.41, 5.74) is 1.13. The van der Waals surface area contributed by atoms with E-state index in [0.717, 1.165) is 40.2 Å². The molecule has 18 heavy (non-hydrogen) atoms. The molecule has 1 fully saturated rings. The van der Waals surface area contributed by atoms with Crippen LogP contribution in [0.4, 0.5) is 0 Å². The highest BCUT2D eigenvalue weighted by Gasteiger charge is 2.26. The van der Waals surface area contributed by atoms with Gasteiger partial charge in [0.15, 0.2) is 0 Å². The Kier molecular flexibility index (Phi) is 4.73. The summed E-state index contributed by atoms with van der Waals surface area (Å²) in [4.78, 5) is 15.1. The van der Waals surface area contributed by atoms with Gasteiger partial charge >= 0.3 is 0 Å². The number of likely N-dealkylation sites (tertiary alicyclic amines) is 1. The van der Waals surface area contributed by atoms with Crippen molar-refractivity contribution in [3.63, 3.8) is 0 Å². The van der Waals surface area contributed by atoms with Crippen molar-refractivity contribution in [1.29, 1.82) is 0 Å². The maximum Gasteiger partial charge on any atom is 0.263 e. The average Bonchev–Trinajstić information content (AvgIpc) is 2.69. The number of piperidine rings is 1. The topological polar surface area (TPSA) is 20.3 Å². The third-order valence-electron chi connectivity index (χ3n) is 3.54. The van der Waals surface area contributed by atoms with E-state index in [4.69, 9.17) is 11.6 Å². The predicted octanol–water partition coefficient (Wildman–Crippen LogP) is 4.30. The van der Waals surface area contributed by atoms with Crippen LogP contribution in [0.3, 0.4) is 0 Å². The Hall–Kier alpha value is -0.0600. The standard InChI is InChI=1S/C13H17BrClNOS/c1-8-7-11(18-12(8)14)13(17)16-5-3-10(4-6-16)9(2)15/h7,9-10H,3-6H2,1-2H3. The van der Waals surface area contributed by atoms with Gasteiger partial charge in [0.1, 0.15) is 0 Å². The molecule has 100 valence electrons. The first-order valence-electron chi connectivity index (χ1n) is 6.18. The Balaban J connectivity index is 1.99. The number of halogens is 2. The Morgan fingerprint density at radius 1 is 1.56 bits per heavy atom. The van der Waals surface area contributed by atoms with Gasteiger partial charge in [-0.3, -0.25) is 4.79 Å². The molecule has 1 aliphatic rings. The summed E-state index contributed by atoms with van der Waals surface area (Å²) in [7, 11) is 0. The number of amides is 1. The van der Waals surface area contributed by atoms with Gasteiger partial charge in [-0.15, -0.1) is 22.9 Å². The summed E-state index contributed by atoms with van der Waals surface area (Å²) in [6, 6.07) is 1.97. The monoisotopic (exact) mass is 349 g/mol. The number of nitrogens with zero attached hydrogens (tertiary/aromatic N) is 1. The van der Waals surface area contributed by atoms with Gasteiger partial charge < -0.3 is 4.90 Å². The number of hydrogen-bond acceptors (Lipinski definition) is 2. The molecule has 1 saturated heterocycles. The van der Waals surface area contributed by atoms with E-state index in [1.807, 2.05) is 24.8 Å². The number of carbonyl (C=O) groups excluding carboxylic acids is 1. The van der Waals surface area contributed by atoms with Crippen molar-refractivity contribution in [2.24, 2.45) is 5.92 Å². The molecule has 1 amide bonds. The SMILES string of the molecule is Cc1cc(C(=O)N2CCC(C(C)Cl)CC2)sc1Br. The van der Waals surface area contributed by atoms with Gasteiger partial charge in [-0.1, -0.05) is 0 Å². The van der Waals surface area contributed by atoms with Crippen molar-refractivity contribution in [3.8, 4) is 0 Å². The third-order valence-corrected chi connectivity index (χ3v) is 6.03. The molecule has 2 heterocycles. The van der Waals surface area contributed by atoms with Crippen LogP contribution in [0.15, 0.2) is 9.85 Å². The van der Waals surface area contributed by atoms with E-state index in [1.54, 1.807) is 0 Å². The summed E-state index contributed by atoms with van der Waals surface area (Å²) >= 11 is 11.1. The molecule has 5 heteroatoms. The van der Waals surface area contributed by atoms with Crippen LogP contribution in [0, 0.1) is 12.8 Å². The van der Waals surface area contributed by atoms with E-state index < -0.39 is 0 Å².